The van der Waals surface area contributed by atoms with Crippen molar-refractivity contribution >= 4 is 28.8 Å². The molecule has 8 heteroatoms. The molecule has 0 unspecified atom stereocenters. The maximum Gasteiger partial charge on any atom is 0.273 e. The van der Waals surface area contributed by atoms with E-state index in [0.717, 1.165) is 36.0 Å². The molecule has 0 aliphatic carbocycles. The molecular weight excluding hydrogens is 474 g/mol. The Morgan fingerprint density at radius 1 is 1.11 bits per heavy atom. The Morgan fingerprint density at radius 2 is 1.89 bits per heavy atom. The van der Waals surface area contributed by atoms with Crippen molar-refractivity contribution in [2.24, 2.45) is 0 Å². The first-order valence-electron chi connectivity index (χ1n) is 12.3. The second kappa shape index (κ2) is 11.0. The van der Waals surface area contributed by atoms with Gasteiger partial charge in [-0.25, -0.2) is 0 Å². The molecule has 36 heavy (non-hydrogen) atoms. The summed E-state index contributed by atoms with van der Waals surface area (Å²) in [6.07, 6.45) is 2.39. The van der Waals surface area contributed by atoms with Crippen molar-refractivity contribution in [3.63, 3.8) is 0 Å². The number of unbranched alkanes of at least 4 members (excludes halogenated alkanes) is 1. The second-order valence-electron chi connectivity index (χ2n) is 9.23. The summed E-state index contributed by atoms with van der Waals surface area (Å²) in [5, 5.41) is 13.5. The van der Waals surface area contributed by atoms with Crippen molar-refractivity contribution in [3.8, 4) is 0 Å². The van der Waals surface area contributed by atoms with E-state index in [1.165, 1.54) is 15.8 Å². The first-order chi connectivity index (χ1) is 17.3. The van der Waals surface area contributed by atoms with E-state index in [9.17, 15) is 19.7 Å². The van der Waals surface area contributed by atoms with Gasteiger partial charge in [0, 0.05) is 35.2 Å². The van der Waals surface area contributed by atoms with Crippen molar-refractivity contribution in [3.05, 3.63) is 96.7 Å². The van der Waals surface area contributed by atoms with Gasteiger partial charge in [0.1, 0.15) is 6.54 Å². The molecule has 1 aliphatic heterocycles. The average Bonchev–Trinajstić information content (AvgIpc) is 3.35. The van der Waals surface area contributed by atoms with E-state index < -0.39 is 4.92 Å². The number of carbonyl (C=O) groups is 2. The zero-order valence-electron chi connectivity index (χ0n) is 20.9. The Labute approximate surface area is 215 Å². The van der Waals surface area contributed by atoms with Gasteiger partial charge in [-0.3, -0.25) is 19.7 Å². The quantitative estimate of drug-likeness (QED) is 0.291. The molecule has 0 spiro atoms. The van der Waals surface area contributed by atoms with E-state index >= 15 is 0 Å². The third-order valence-corrected chi connectivity index (χ3v) is 7.81. The van der Waals surface area contributed by atoms with Crippen molar-refractivity contribution in [2.75, 3.05) is 19.6 Å². The lowest BCUT2D eigenvalue weighted by Crippen LogP contribution is -2.47. The number of nitrogens with zero attached hydrogens (tertiary/aromatic N) is 3. The summed E-state index contributed by atoms with van der Waals surface area (Å²) in [6.45, 7) is 6.65. The number of aryl methyl sites for hydroxylation is 2. The zero-order chi connectivity index (χ0) is 25.8. The molecule has 4 rings (SSSR count). The Morgan fingerprint density at radius 3 is 2.61 bits per heavy atom. The summed E-state index contributed by atoms with van der Waals surface area (Å²) in [5.74, 6) is -0.480. The van der Waals surface area contributed by atoms with Crippen LogP contribution in [0.1, 0.15) is 63.3 Å². The van der Waals surface area contributed by atoms with Crippen LogP contribution in [0.4, 0.5) is 5.69 Å². The number of hydrogen-bond donors (Lipinski definition) is 0. The van der Waals surface area contributed by atoms with Crippen molar-refractivity contribution in [1.29, 1.82) is 0 Å². The van der Waals surface area contributed by atoms with E-state index in [4.69, 9.17) is 0 Å². The van der Waals surface area contributed by atoms with Gasteiger partial charge in [0.2, 0.25) is 5.91 Å². The molecule has 7 nitrogen and oxygen atoms in total. The van der Waals surface area contributed by atoms with Crippen LogP contribution in [0, 0.1) is 24.0 Å². The van der Waals surface area contributed by atoms with Crippen LogP contribution >= 0.6 is 11.3 Å². The second-order valence-corrected chi connectivity index (χ2v) is 10.2. The largest absolute Gasteiger partial charge is 0.330 e. The number of fused-ring (bicyclic) bond motifs is 1. The van der Waals surface area contributed by atoms with Crippen LogP contribution in [-0.4, -0.2) is 46.2 Å². The number of hydrogen-bond acceptors (Lipinski definition) is 5. The van der Waals surface area contributed by atoms with Crippen molar-refractivity contribution in [2.45, 2.75) is 46.1 Å². The van der Waals surface area contributed by atoms with Gasteiger partial charge >= 0.3 is 0 Å². The number of nitro groups is 1. The van der Waals surface area contributed by atoms with Gasteiger partial charge in [-0.2, -0.15) is 0 Å². The predicted molar refractivity (Wildman–Crippen MR) is 141 cm³/mol. The Kier molecular flexibility index (Phi) is 7.84. The van der Waals surface area contributed by atoms with Gasteiger partial charge in [0.05, 0.1) is 11.0 Å². The molecule has 0 bridgehead atoms. The van der Waals surface area contributed by atoms with Gasteiger partial charge in [-0.1, -0.05) is 43.7 Å². The summed E-state index contributed by atoms with van der Waals surface area (Å²) < 4.78 is 0. The number of nitro benzene ring substituents is 1. The first kappa shape index (κ1) is 25.6. The fourth-order valence-corrected chi connectivity index (χ4v) is 5.70. The maximum atomic E-state index is 13.8. The molecule has 3 aromatic rings. The molecule has 0 saturated heterocycles. The minimum Gasteiger partial charge on any atom is -0.330 e. The van der Waals surface area contributed by atoms with E-state index in [0.29, 0.717) is 18.7 Å². The van der Waals surface area contributed by atoms with Crippen molar-refractivity contribution < 1.29 is 14.5 Å². The number of benzene rings is 2. The average molecular weight is 506 g/mol. The van der Waals surface area contributed by atoms with E-state index in [-0.39, 0.29) is 35.7 Å². The standard InChI is InChI=1S/C28H31N3O4S/c1-4-5-14-29(28(33)21-11-10-20(3)24(17-21)31(34)35)18-26(32)30-15-12-25-23(13-16-36-25)27(30)22-9-7-6-8-19(22)2/h6-11,13,16-17,27H,4-5,12,14-15,18H2,1-3H3/t27-/m1/s1. The van der Waals surface area contributed by atoms with Crippen LogP contribution in [0.3, 0.4) is 0 Å². The minimum atomic E-state index is -0.480. The summed E-state index contributed by atoms with van der Waals surface area (Å²) in [7, 11) is 0. The highest BCUT2D eigenvalue weighted by molar-refractivity contribution is 7.10. The number of amides is 2. The molecule has 2 aromatic carbocycles. The molecule has 0 fully saturated rings. The SMILES string of the molecule is CCCCN(CC(=O)N1CCc2sccc2[C@H]1c1ccccc1C)C(=O)c1ccc(C)c([N+](=O)[O-])c1. The highest BCUT2D eigenvalue weighted by Crippen LogP contribution is 2.39. The third-order valence-electron chi connectivity index (χ3n) is 6.82. The lowest BCUT2D eigenvalue weighted by atomic mass is 9.90. The van der Waals surface area contributed by atoms with Crippen LogP contribution in [0.5, 0.6) is 0 Å². The highest BCUT2D eigenvalue weighted by Gasteiger charge is 2.34. The van der Waals surface area contributed by atoms with E-state index in [1.807, 2.05) is 24.0 Å². The molecule has 0 saturated carbocycles. The van der Waals surface area contributed by atoms with Gasteiger partial charge in [-0.15, -0.1) is 11.3 Å². The highest BCUT2D eigenvalue weighted by atomic mass is 32.1. The Hall–Kier alpha value is -3.52. The summed E-state index contributed by atoms with van der Waals surface area (Å²) in [4.78, 5) is 42.9. The molecule has 1 aliphatic rings. The minimum absolute atomic E-state index is 0.0671. The van der Waals surface area contributed by atoms with E-state index in [1.54, 1.807) is 30.4 Å². The molecular formula is C28H31N3O4S. The van der Waals surface area contributed by atoms with E-state index in [2.05, 4.69) is 30.5 Å². The molecule has 2 amide bonds. The molecule has 2 heterocycles. The monoisotopic (exact) mass is 505 g/mol. The third kappa shape index (κ3) is 5.18. The lowest BCUT2D eigenvalue weighted by molar-refractivity contribution is -0.385. The van der Waals surface area contributed by atoms with Gasteiger partial charge in [0.25, 0.3) is 11.6 Å². The topological polar surface area (TPSA) is 83.8 Å². The molecule has 188 valence electrons. The number of thiophene rings is 1. The predicted octanol–water partition coefficient (Wildman–Crippen LogP) is 5.69. The van der Waals surface area contributed by atoms with Crippen LogP contribution in [0.25, 0.3) is 0 Å². The van der Waals surface area contributed by atoms with Gasteiger partial charge in [0.15, 0.2) is 0 Å². The Bertz CT molecular complexity index is 1290. The normalized spacial score (nSPS) is 14.9. The number of carbonyl (C=O) groups excluding carboxylic acids is 2. The van der Waals surface area contributed by atoms with Crippen molar-refractivity contribution in [1.82, 2.24) is 9.80 Å². The molecule has 1 atom stereocenters. The number of rotatable bonds is 8. The molecule has 1 aromatic heterocycles. The summed E-state index contributed by atoms with van der Waals surface area (Å²) >= 11 is 1.72. The Balaban J connectivity index is 1.64. The lowest BCUT2D eigenvalue weighted by Gasteiger charge is -2.38. The van der Waals surface area contributed by atoms with Gasteiger partial charge in [-0.05, 0) is 60.9 Å². The zero-order valence-corrected chi connectivity index (χ0v) is 21.7. The van der Waals surface area contributed by atoms with Crippen LogP contribution in [0.2, 0.25) is 0 Å². The van der Waals surface area contributed by atoms with Crippen LogP contribution in [-0.2, 0) is 11.2 Å². The van der Waals surface area contributed by atoms with Crippen LogP contribution in [0.15, 0.2) is 53.9 Å². The summed E-state index contributed by atoms with van der Waals surface area (Å²) in [5.41, 5.74) is 3.98. The maximum absolute atomic E-state index is 13.8. The van der Waals surface area contributed by atoms with Crippen LogP contribution < -0.4 is 0 Å². The first-order valence-corrected chi connectivity index (χ1v) is 13.1. The summed E-state index contributed by atoms with van der Waals surface area (Å²) in [6, 6.07) is 14.5. The molecule has 0 N–H and O–H groups in total. The molecule has 0 radical (unpaired) electrons. The fourth-order valence-electron chi connectivity index (χ4n) is 4.79. The smallest absolute Gasteiger partial charge is 0.273 e. The fraction of sp³-hybridized carbons (Fsp3) is 0.357. The van der Waals surface area contributed by atoms with Gasteiger partial charge < -0.3 is 9.80 Å².